The zero-order valence-electron chi connectivity index (χ0n) is 11.3. The molecule has 3 amide bonds. The van der Waals surface area contributed by atoms with Gasteiger partial charge in [-0.25, -0.2) is 4.79 Å². The summed E-state index contributed by atoms with van der Waals surface area (Å²) < 4.78 is 0. The van der Waals surface area contributed by atoms with Gasteiger partial charge in [-0.1, -0.05) is 6.07 Å². The van der Waals surface area contributed by atoms with Crippen molar-refractivity contribution in [3.8, 4) is 0 Å². The molecule has 1 aromatic rings. The fourth-order valence-electron chi connectivity index (χ4n) is 1.43. The smallest absolute Gasteiger partial charge is 0.325 e. The van der Waals surface area contributed by atoms with Crippen molar-refractivity contribution in [2.75, 3.05) is 24.3 Å². The topological polar surface area (TPSA) is 98.7 Å². The second-order valence-electron chi connectivity index (χ2n) is 4.34. The van der Waals surface area contributed by atoms with Crippen LogP contribution in [0.2, 0.25) is 0 Å². The Morgan fingerprint density at radius 3 is 2.50 bits per heavy atom. The number of amides is 3. The van der Waals surface area contributed by atoms with Gasteiger partial charge in [0.25, 0.3) is 0 Å². The van der Waals surface area contributed by atoms with Gasteiger partial charge in [-0.15, -0.1) is 0 Å². The summed E-state index contributed by atoms with van der Waals surface area (Å²) in [7, 11) is 3.74. The van der Waals surface area contributed by atoms with E-state index in [9.17, 15) is 14.4 Å². The van der Waals surface area contributed by atoms with Crippen molar-refractivity contribution in [2.24, 2.45) is 0 Å². The van der Waals surface area contributed by atoms with Crippen molar-refractivity contribution in [2.45, 2.75) is 12.8 Å². The van der Waals surface area contributed by atoms with Crippen LogP contribution in [-0.2, 0) is 9.59 Å². The molecule has 0 atom stereocenters. The number of imide groups is 1. The zero-order valence-corrected chi connectivity index (χ0v) is 11.3. The van der Waals surface area contributed by atoms with E-state index in [2.05, 4.69) is 10.6 Å². The van der Waals surface area contributed by atoms with Crippen molar-refractivity contribution < 1.29 is 19.5 Å². The summed E-state index contributed by atoms with van der Waals surface area (Å²) in [6.07, 6.45) is -0.546. The van der Waals surface area contributed by atoms with E-state index in [-0.39, 0.29) is 12.8 Å². The van der Waals surface area contributed by atoms with Gasteiger partial charge >= 0.3 is 12.0 Å². The van der Waals surface area contributed by atoms with Crippen molar-refractivity contribution in [3.05, 3.63) is 24.3 Å². The van der Waals surface area contributed by atoms with Crippen molar-refractivity contribution in [1.29, 1.82) is 0 Å². The second-order valence-corrected chi connectivity index (χ2v) is 4.34. The molecule has 0 aliphatic carbocycles. The molecule has 0 saturated heterocycles. The second kappa shape index (κ2) is 7.13. The number of nitrogens with one attached hydrogen (secondary N) is 2. The summed E-state index contributed by atoms with van der Waals surface area (Å²) in [6.45, 7) is 0. The zero-order chi connectivity index (χ0) is 15.1. The standard InChI is InChI=1S/C13H17N3O4/c1-16(2)10-5-3-4-9(8-10)14-13(20)15-11(17)6-7-12(18)19/h3-5,8H,6-7H2,1-2H3,(H,18,19)(H2,14,15,17,20). The molecule has 108 valence electrons. The van der Waals surface area contributed by atoms with Gasteiger partial charge in [0, 0.05) is 31.9 Å². The summed E-state index contributed by atoms with van der Waals surface area (Å²) in [5, 5.41) is 13.0. The molecule has 0 aliphatic rings. The number of carboxylic acid groups (broad SMARTS) is 1. The Kier molecular flexibility index (Phi) is 5.52. The molecular weight excluding hydrogens is 262 g/mol. The fraction of sp³-hybridized carbons (Fsp3) is 0.308. The van der Waals surface area contributed by atoms with Crippen LogP contribution >= 0.6 is 0 Å². The molecule has 1 aromatic carbocycles. The van der Waals surface area contributed by atoms with Gasteiger partial charge in [0.05, 0.1) is 6.42 Å². The average molecular weight is 279 g/mol. The van der Waals surface area contributed by atoms with Crippen LogP contribution in [0.3, 0.4) is 0 Å². The van der Waals surface area contributed by atoms with Crippen LogP contribution < -0.4 is 15.5 Å². The van der Waals surface area contributed by atoms with E-state index in [1.54, 1.807) is 18.2 Å². The Morgan fingerprint density at radius 1 is 1.20 bits per heavy atom. The van der Waals surface area contributed by atoms with E-state index in [4.69, 9.17) is 5.11 Å². The molecule has 0 fully saturated rings. The Hall–Kier alpha value is -2.57. The van der Waals surface area contributed by atoms with Crippen molar-refractivity contribution in [1.82, 2.24) is 5.32 Å². The van der Waals surface area contributed by atoms with Crippen molar-refractivity contribution in [3.63, 3.8) is 0 Å². The van der Waals surface area contributed by atoms with Gasteiger partial charge in [-0.05, 0) is 18.2 Å². The number of aliphatic carboxylic acids is 1. The Bertz CT molecular complexity index is 514. The molecule has 0 bridgehead atoms. The van der Waals surface area contributed by atoms with Gasteiger partial charge in [-0.3, -0.25) is 14.9 Å². The number of anilines is 2. The lowest BCUT2D eigenvalue weighted by Crippen LogP contribution is -2.34. The predicted molar refractivity (Wildman–Crippen MR) is 74.8 cm³/mol. The highest BCUT2D eigenvalue weighted by Crippen LogP contribution is 2.16. The van der Waals surface area contributed by atoms with E-state index in [1.807, 2.05) is 25.1 Å². The lowest BCUT2D eigenvalue weighted by atomic mass is 10.2. The quantitative estimate of drug-likeness (QED) is 0.753. The number of nitrogens with zero attached hydrogens (tertiary/aromatic N) is 1. The predicted octanol–water partition coefficient (Wildman–Crippen LogP) is 1.27. The first kappa shape index (κ1) is 15.5. The van der Waals surface area contributed by atoms with Gasteiger partial charge in [0.1, 0.15) is 0 Å². The lowest BCUT2D eigenvalue weighted by Gasteiger charge is -2.14. The van der Waals surface area contributed by atoms with Gasteiger partial charge in [-0.2, -0.15) is 0 Å². The van der Waals surface area contributed by atoms with E-state index in [1.165, 1.54) is 0 Å². The molecule has 20 heavy (non-hydrogen) atoms. The third kappa shape index (κ3) is 5.38. The highest BCUT2D eigenvalue weighted by Gasteiger charge is 2.10. The Balaban J connectivity index is 2.52. The largest absolute Gasteiger partial charge is 0.481 e. The molecule has 7 heteroatoms. The first-order valence-electron chi connectivity index (χ1n) is 5.98. The Morgan fingerprint density at radius 2 is 1.90 bits per heavy atom. The number of hydrogen-bond donors (Lipinski definition) is 3. The molecule has 0 saturated carbocycles. The van der Waals surface area contributed by atoms with E-state index in [0.29, 0.717) is 5.69 Å². The molecule has 0 aliphatic heterocycles. The molecular formula is C13H17N3O4. The fourth-order valence-corrected chi connectivity index (χ4v) is 1.43. The third-order valence-corrected chi connectivity index (χ3v) is 2.44. The van der Waals surface area contributed by atoms with Crippen LogP contribution in [-0.4, -0.2) is 37.1 Å². The van der Waals surface area contributed by atoms with Crippen LogP contribution in [0.15, 0.2) is 24.3 Å². The molecule has 7 nitrogen and oxygen atoms in total. The number of carbonyl (C=O) groups is 3. The number of rotatable bonds is 5. The number of hydrogen-bond acceptors (Lipinski definition) is 4. The number of carbonyl (C=O) groups excluding carboxylic acids is 2. The first-order valence-corrected chi connectivity index (χ1v) is 5.98. The highest BCUT2D eigenvalue weighted by molar-refractivity contribution is 6.01. The molecule has 3 N–H and O–H groups in total. The third-order valence-electron chi connectivity index (χ3n) is 2.44. The minimum atomic E-state index is -1.08. The Labute approximate surface area is 116 Å². The van der Waals surface area contributed by atoms with Crippen molar-refractivity contribution >= 4 is 29.3 Å². The van der Waals surface area contributed by atoms with Crippen LogP contribution in [0, 0.1) is 0 Å². The minimum Gasteiger partial charge on any atom is -0.481 e. The van der Waals surface area contributed by atoms with Gasteiger partial charge in [0.15, 0.2) is 0 Å². The van der Waals surface area contributed by atoms with Crippen LogP contribution in [0.25, 0.3) is 0 Å². The van der Waals surface area contributed by atoms with E-state index < -0.39 is 17.9 Å². The lowest BCUT2D eigenvalue weighted by molar-refractivity contribution is -0.138. The number of benzene rings is 1. The normalized spacial score (nSPS) is 9.70. The van der Waals surface area contributed by atoms with Gasteiger partial charge < -0.3 is 15.3 Å². The highest BCUT2D eigenvalue weighted by atomic mass is 16.4. The minimum absolute atomic E-state index is 0.236. The summed E-state index contributed by atoms with van der Waals surface area (Å²) >= 11 is 0. The first-order chi connectivity index (χ1) is 9.38. The average Bonchev–Trinajstić information content (AvgIpc) is 2.36. The monoisotopic (exact) mass is 279 g/mol. The molecule has 0 unspecified atom stereocenters. The summed E-state index contributed by atoms with van der Waals surface area (Å²) in [5.74, 6) is -1.71. The molecule has 0 aromatic heterocycles. The molecule has 0 spiro atoms. The molecule has 0 radical (unpaired) electrons. The summed E-state index contributed by atoms with van der Waals surface area (Å²) in [6, 6.07) is 6.41. The number of urea groups is 1. The van der Waals surface area contributed by atoms with Gasteiger partial charge in [0.2, 0.25) is 5.91 Å². The van der Waals surface area contributed by atoms with Crippen LogP contribution in [0.5, 0.6) is 0 Å². The molecule has 0 heterocycles. The number of carboxylic acids is 1. The summed E-state index contributed by atoms with van der Waals surface area (Å²) in [5.41, 5.74) is 1.44. The summed E-state index contributed by atoms with van der Waals surface area (Å²) in [4.78, 5) is 35.0. The maximum absolute atomic E-state index is 11.5. The van der Waals surface area contributed by atoms with E-state index in [0.717, 1.165) is 5.69 Å². The SMILES string of the molecule is CN(C)c1cccc(NC(=O)NC(=O)CCC(=O)O)c1. The maximum atomic E-state index is 11.5. The maximum Gasteiger partial charge on any atom is 0.325 e. The van der Waals surface area contributed by atoms with E-state index >= 15 is 0 Å². The molecule has 1 rings (SSSR count). The van der Waals surface area contributed by atoms with Crippen LogP contribution in [0.4, 0.5) is 16.2 Å². The van der Waals surface area contributed by atoms with Crippen LogP contribution in [0.1, 0.15) is 12.8 Å².